The van der Waals surface area contributed by atoms with Crippen LogP contribution in [0.15, 0.2) is 48.6 Å². The van der Waals surface area contributed by atoms with Gasteiger partial charge in [0, 0.05) is 12.8 Å². The number of rotatable bonds is 68. The van der Waals surface area contributed by atoms with Crippen molar-refractivity contribution in [2.24, 2.45) is 0 Å². The van der Waals surface area contributed by atoms with E-state index >= 15 is 0 Å². The second kappa shape index (κ2) is 65.4. The maximum Gasteiger partial charge on any atom is 0.472 e. The van der Waals surface area contributed by atoms with Gasteiger partial charge in [-0.1, -0.05) is 319 Å². The molecule has 0 bridgehead atoms. The minimum absolute atomic E-state index is 0.0330. The van der Waals surface area contributed by atoms with E-state index in [1.807, 2.05) is 21.1 Å². The number of hydrogen-bond acceptors (Lipinski definition) is 7. The summed E-state index contributed by atoms with van der Waals surface area (Å²) in [7, 11) is 1.49. The van der Waals surface area contributed by atoms with E-state index in [2.05, 4.69) is 62.5 Å². The number of carbonyl (C=O) groups excluding carboxylic acids is 2. The maximum absolute atomic E-state index is 12.9. The quantitative estimate of drug-likeness (QED) is 0.0211. The molecule has 0 rings (SSSR count). The Bertz CT molecular complexity index is 1560. The smallest absolute Gasteiger partial charge is 0.462 e. The fraction of sp³-hybridized carbons (Fsp3) is 0.865. The van der Waals surface area contributed by atoms with Crippen LogP contribution in [-0.4, -0.2) is 74.9 Å². The molecule has 0 amide bonds. The van der Waals surface area contributed by atoms with Gasteiger partial charge in [0.1, 0.15) is 19.8 Å². The maximum atomic E-state index is 12.9. The number of quaternary nitrogens is 1. The van der Waals surface area contributed by atoms with E-state index in [1.54, 1.807) is 0 Å². The molecule has 10 heteroatoms. The van der Waals surface area contributed by atoms with Crippen molar-refractivity contribution < 1.29 is 42.1 Å². The molecule has 84 heavy (non-hydrogen) atoms. The van der Waals surface area contributed by atoms with E-state index in [0.717, 1.165) is 44.9 Å². The predicted octanol–water partition coefficient (Wildman–Crippen LogP) is 23.6. The van der Waals surface area contributed by atoms with Gasteiger partial charge >= 0.3 is 19.8 Å². The van der Waals surface area contributed by atoms with Crippen LogP contribution in [0.1, 0.15) is 361 Å². The lowest BCUT2D eigenvalue weighted by Crippen LogP contribution is -2.37. The van der Waals surface area contributed by atoms with Crippen LogP contribution in [0.2, 0.25) is 0 Å². The summed E-state index contributed by atoms with van der Waals surface area (Å²) in [6.07, 6.45) is 85.1. The summed E-state index contributed by atoms with van der Waals surface area (Å²) in [4.78, 5) is 35.9. The van der Waals surface area contributed by atoms with Gasteiger partial charge in [0.25, 0.3) is 0 Å². The minimum Gasteiger partial charge on any atom is -0.462 e. The summed E-state index contributed by atoms with van der Waals surface area (Å²) >= 11 is 0. The second-order valence-electron chi connectivity index (χ2n) is 26.0. The van der Waals surface area contributed by atoms with Gasteiger partial charge in [-0.3, -0.25) is 18.6 Å². The highest BCUT2D eigenvalue weighted by molar-refractivity contribution is 7.47. The molecular formula is C74H141NO8P+. The minimum atomic E-state index is -4.39. The Hall–Kier alpha value is -2.03. The molecule has 0 heterocycles. The number of hydrogen-bond donors (Lipinski definition) is 1. The highest BCUT2D eigenvalue weighted by Crippen LogP contribution is 2.43. The second-order valence-corrected chi connectivity index (χ2v) is 27.4. The molecular weight excluding hydrogens is 1060 g/mol. The molecule has 0 radical (unpaired) electrons. The number of unbranched alkanes of at least 4 members (excludes halogenated alkanes) is 46. The van der Waals surface area contributed by atoms with E-state index < -0.39 is 26.5 Å². The lowest BCUT2D eigenvalue weighted by Gasteiger charge is -2.24. The average Bonchev–Trinajstić information content (AvgIpc) is 3.61. The fourth-order valence-corrected chi connectivity index (χ4v) is 11.5. The van der Waals surface area contributed by atoms with Crippen LogP contribution < -0.4 is 0 Å². The zero-order chi connectivity index (χ0) is 61.2. The molecule has 0 aromatic heterocycles. The summed E-state index contributed by atoms with van der Waals surface area (Å²) in [5, 5.41) is 0. The molecule has 1 N–H and O–H groups in total. The molecule has 0 saturated carbocycles. The van der Waals surface area contributed by atoms with Crippen molar-refractivity contribution in [1.82, 2.24) is 0 Å². The molecule has 0 aliphatic heterocycles. The summed E-state index contributed by atoms with van der Waals surface area (Å²) in [5.41, 5.74) is 0. The largest absolute Gasteiger partial charge is 0.472 e. The van der Waals surface area contributed by atoms with E-state index in [9.17, 15) is 19.0 Å². The molecule has 0 fully saturated rings. The summed E-state index contributed by atoms with van der Waals surface area (Å²) < 4.78 is 34.8. The average molecular weight is 1200 g/mol. The van der Waals surface area contributed by atoms with Crippen molar-refractivity contribution in [3.8, 4) is 0 Å². The van der Waals surface area contributed by atoms with Crippen molar-refractivity contribution >= 4 is 19.8 Å². The molecule has 0 saturated heterocycles. The van der Waals surface area contributed by atoms with Gasteiger partial charge < -0.3 is 18.9 Å². The number of allylic oxidation sites excluding steroid dienone is 8. The van der Waals surface area contributed by atoms with E-state index in [4.69, 9.17) is 18.5 Å². The zero-order valence-electron chi connectivity index (χ0n) is 56.4. The predicted molar refractivity (Wildman–Crippen MR) is 363 cm³/mol. The number of carbonyl (C=O) groups is 2. The molecule has 0 aliphatic carbocycles. The first-order valence-electron chi connectivity index (χ1n) is 36.4. The number of nitrogens with zero attached hydrogens (tertiary/aromatic N) is 1. The highest BCUT2D eigenvalue weighted by Gasteiger charge is 2.27. The van der Waals surface area contributed by atoms with Gasteiger partial charge in [-0.15, -0.1) is 0 Å². The van der Waals surface area contributed by atoms with Gasteiger partial charge in [-0.25, -0.2) is 4.57 Å². The Labute approximate surface area is 522 Å². The van der Waals surface area contributed by atoms with Crippen molar-refractivity contribution in [2.75, 3.05) is 47.5 Å². The summed E-state index contributed by atoms with van der Waals surface area (Å²) in [5.74, 6) is -0.780. The van der Waals surface area contributed by atoms with Crippen LogP contribution in [0.25, 0.3) is 0 Å². The monoisotopic (exact) mass is 1200 g/mol. The third-order valence-electron chi connectivity index (χ3n) is 16.3. The standard InChI is InChI=1S/C74H140NO8P/c1-6-8-10-12-14-16-18-20-22-24-26-28-30-32-34-36-37-39-40-42-44-46-48-50-52-54-56-58-60-62-64-66-73(76)80-70-72(71-82-84(78,79)81-69-68-75(3,4)5)83-74(77)67-65-63-61-59-57-55-53-51-49-47-45-43-41-38-35-33-31-29-27-25-23-21-19-17-15-13-11-9-7-2/h19,21,24-27,31,33,72H,6-18,20,22-23,28-30,32,34-71H2,1-5H3/p+1/b21-19-,26-24-,27-25-,33-31-. The van der Waals surface area contributed by atoms with E-state index in [1.165, 1.54) is 283 Å². The fourth-order valence-electron chi connectivity index (χ4n) is 10.7. The molecule has 0 aromatic rings. The van der Waals surface area contributed by atoms with Gasteiger partial charge in [0.2, 0.25) is 0 Å². The first-order chi connectivity index (χ1) is 41.0. The molecule has 0 spiro atoms. The van der Waals surface area contributed by atoms with Crippen LogP contribution in [0.3, 0.4) is 0 Å². The van der Waals surface area contributed by atoms with Crippen LogP contribution >= 0.6 is 7.82 Å². The van der Waals surface area contributed by atoms with Crippen LogP contribution in [-0.2, 0) is 32.7 Å². The third kappa shape index (κ3) is 69.1. The van der Waals surface area contributed by atoms with E-state index in [-0.39, 0.29) is 25.6 Å². The lowest BCUT2D eigenvalue weighted by molar-refractivity contribution is -0.870. The molecule has 2 atom stereocenters. The van der Waals surface area contributed by atoms with Crippen LogP contribution in [0.4, 0.5) is 0 Å². The zero-order valence-corrected chi connectivity index (χ0v) is 57.3. The van der Waals surface area contributed by atoms with Gasteiger partial charge in [-0.2, -0.15) is 0 Å². The Morgan fingerprint density at radius 3 is 0.964 bits per heavy atom. The van der Waals surface area contributed by atoms with Crippen molar-refractivity contribution in [1.29, 1.82) is 0 Å². The topological polar surface area (TPSA) is 108 Å². The SMILES string of the molecule is CCCCCCC/C=C\C/C=C\C/C=C\CCCCCCCCCCCCCCCCC(=O)OC(COC(=O)CCCCCCCCCCCCCCCCCCCCC/C=C\CCCCCCCCCC)COP(=O)(O)OCC[N+](C)(C)C. The number of esters is 2. The molecule has 2 unspecified atom stereocenters. The van der Waals surface area contributed by atoms with Crippen molar-refractivity contribution in [3.63, 3.8) is 0 Å². The number of phosphoric acid groups is 1. The number of ether oxygens (including phenoxy) is 2. The van der Waals surface area contributed by atoms with Crippen LogP contribution in [0.5, 0.6) is 0 Å². The van der Waals surface area contributed by atoms with Crippen LogP contribution in [0, 0.1) is 0 Å². The summed E-state index contributed by atoms with van der Waals surface area (Å²) in [6.45, 7) is 4.48. The van der Waals surface area contributed by atoms with Gasteiger partial charge in [-0.05, 0) is 77.0 Å². The first-order valence-corrected chi connectivity index (χ1v) is 37.9. The number of phosphoric ester groups is 1. The third-order valence-corrected chi connectivity index (χ3v) is 17.3. The Kier molecular flexibility index (Phi) is 63.8. The lowest BCUT2D eigenvalue weighted by atomic mass is 10.0. The van der Waals surface area contributed by atoms with Gasteiger partial charge in [0.15, 0.2) is 6.10 Å². The summed E-state index contributed by atoms with van der Waals surface area (Å²) in [6, 6.07) is 0. The normalized spacial score (nSPS) is 13.4. The Morgan fingerprint density at radius 2 is 0.643 bits per heavy atom. The Balaban J connectivity index is 3.99. The Morgan fingerprint density at radius 1 is 0.369 bits per heavy atom. The van der Waals surface area contributed by atoms with E-state index in [0.29, 0.717) is 23.9 Å². The molecule has 9 nitrogen and oxygen atoms in total. The first kappa shape index (κ1) is 82.0. The number of likely N-dealkylation sites (N-methyl/N-ethyl adjacent to an activating group) is 1. The van der Waals surface area contributed by atoms with Crippen molar-refractivity contribution in [2.45, 2.75) is 367 Å². The molecule has 0 aliphatic rings. The molecule has 0 aromatic carbocycles. The van der Waals surface area contributed by atoms with Crippen molar-refractivity contribution in [3.05, 3.63) is 48.6 Å². The van der Waals surface area contributed by atoms with Gasteiger partial charge in [0.05, 0.1) is 27.7 Å². The molecule has 494 valence electrons. The highest BCUT2D eigenvalue weighted by atomic mass is 31.2.